The third-order valence-electron chi connectivity index (χ3n) is 5.65. The van der Waals surface area contributed by atoms with Crippen molar-refractivity contribution < 1.29 is 9.59 Å². The van der Waals surface area contributed by atoms with Gasteiger partial charge >= 0.3 is 0 Å². The molecule has 9 heteroatoms. The summed E-state index contributed by atoms with van der Waals surface area (Å²) < 4.78 is 0. The summed E-state index contributed by atoms with van der Waals surface area (Å²) in [5, 5.41) is 7.82. The monoisotopic (exact) mass is 430 g/mol. The van der Waals surface area contributed by atoms with E-state index in [1.54, 1.807) is 13.0 Å². The van der Waals surface area contributed by atoms with Crippen molar-refractivity contribution in [1.29, 1.82) is 0 Å². The van der Waals surface area contributed by atoms with Crippen molar-refractivity contribution >= 4 is 29.1 Å². The average Bonchev–Trinajstić information content (AvgIpc) is 2.73. The second-order valence-electron chi connectivity index (χ2n) is 7.89. The number of rotatable bonds is 7. The molecule has 1 aliphatic rings. The number of Topliss-reactive ketones (excluding diaryl/α,β-unsaturated/α-hetero) is 1. The molecule has 2 N–H and O–H groups in total. The minimum absolute atomic E-state index is 0.0306. The molecular weight excluding hydrogens is 404 g/mol. The number of carbonyl (C=O) groups is 2. The molecule has 1 atom stereocenters. The zero-order chi connectivity index (χ0) is 21.7. The molecule has 2 aromatic heterocycles. The zero-order valence-corrected chi connectivity index (χ0v) is 18.1. The minimum Gasteiger partial charge on any atom is -0.383 e. The third-order valence-corrected chi connectivity index (χ3v) is 5.96. The Hall–Kier alpha value is -2.61. The minimum atomic E-state index is -0.356. The number of nitrogens with zero attached hydrogens (tertiary/aromatic N) is 5. The smallest absolute Gasteiger partial charge is 0.225 e. The van der Waals surface area contributed by atoms with E-state index in [0.29, 0.717) is 41.4 Å². The van der Waals surface area contributed by atoms with Crippen LogP contribution >= 0.6 is 11.6 Å². The van der Waals surface area contributed by atoms with Gasteiger partial charge in [0.1, 0.15) is 16.8 Å². The van der Waals surface area contributed by atoms with Crippen molar-refractivity contribution in [3.05, 3.63) is 40.6 Å². The predicted molar refractivity (Wildman–Crippen MR) is 114 cm³/mol. The Kier molecular flexibility index (Phi) is 7.31. The lowest BCUT2D eigenvalue weighted by Gasteiger charge is -2.33. The number of halogens is 1. The standard InChI is InChI=1S/C21H27ClN6O2/c1-13(11-18(29)16-5-8-24-25-12-16)21(30)28-9-6-15(7-10-28)3-4-17-19(22)26-14(2)27-20(17)23/h5,8,12-13,15H,3-4,6-7,9-11H2,1-2H3,(H2,23,26,27)/t13-/m1/s1. The summed E-state index contributed by atoms with van der Waals surface area (Å²) in [5.74, 6) is 1.10. The first-order valence-corrected chi connectivity index (χ1v) is 10.6. The Morgan fingerprint density at radius 3 is 2.63 bits per heavy atom. The van der Waals surface area contributed by atoms with E-state index < -0.39 is 0 Å². The van der Waals surface area contributed by atoms with Gasteiger partial charge in [-0.05, 0) is 44.6 Å². The highest BCUT2D eigenvalue weighted by Gasteiger charge is 2.27. The van der Waals surface area contributed by atoms with E-state index in [4.69, 9.17) is 17.3 Å². The van der Waals surface area contributed by atoms with Crippen LogP contribution in [-0.4, -0.2) is 49.8 Å². The topological polar surface area (TPSA) is 115 Å². The van der Waals surface area contributed by atoms with Gasteiger partial charge in [-0.3, -0.25) is 9.59 Å². The summed E-state index contributed by atoms with van der Waals surface area (Å²) in [6.45, 7) is 4.98. The largest absolute Gasteiger partial charge is 0.383 e. The number of aromatic nitrogens is 4. The maximum Gasteiger partial charge on any atom is 0.225 e. The molecule has 1 aliphatic heterocycles. The molecule has 1 fully saturated rings. The summed E-state index contributed by atoms with van der Waals surface area (Å²) in [4.78, 5) is 35.3. The number of amides is 1. The van der Waals surface area contributed by atoms with Gasteiger partial charge in [-0.25, -0.2) is 9.97 Å². The molecule has 8 nitrogen and oxygen atoms in total. The van der Waals surface area contributed by atoms with Crippen LogP contribution in [0.3, 0.4) is 0 Å². The highest BCUT2D eigenvalue weighted by atomic mass is 35.5. The lowest BCUT2D eigenvalue weighted by atomic mass is 9.90. The Bertz CT molecular complexity index is 877. The SMILES string of the molecule is Cc1nc(N)c(CCC2CCN(C(=O)[C@H](C)CC(=O)c3ccnnc3)CC2)c(Cl)n1. The second kappa shape index (κ2) is 9.93. The summed E-state index contributed by atoms with van der Waals surface area (Å²) in [6.07, 6.45) is 6.60. The van der Waals surface area contributed by atoms with Gasteiger partial charge < -0.3 is 10.6 Å². The first-order valence-electron chi connectivity index (χ1n) is 10.2. The van der Waals surface area contributed by atoms with Gasteiger partial charge in [-0.1, -0.05) is 18.5 Å². The predicted octanol–water partition coefficient (Wildman–Crippen LogP) is 2.89. The Balaban J connectivity index is 1.47. The number of anilines is 1. The molecule has 3 rings (SSSR count). The first kappa shape index (κ1) is 22.1. The van der Waals surface area contributed by atoms with Crippen LogP contribution in [0.5, 0.6) is 0 Å². The number of aryl methyl sites for hydroxylation is 1. The van der Waals surface area contributed by atoms with E-state index >= 15 is 0 Å². The highest BCUT2D eigenvalue weighted by Crippen LogP contribution is 2.27. The van der Waals surface area contributed by atoms with Gasteiger partial charge in [-0.2, -0.15) is 10.2 Å². The van der Waals surface area contributed by atoms with Gasteiger partial charge in [0.2, 0.25) is 5.91 Å². The van der Waals surface area contributed by atoms with E-state index in [0.717, 1.165) is 31.2 Å². The van der Waals surface area contributed by atoms with Gasteiger partial charge in [0.15, 0.2) is 5.78 Å². The molecule has 0 unspecified atom stereocenters. The molecule has 1 saturated heterocycles. The summed E-state index contributed by atoms with van der Waals surface area (Å²) in [7, 11) is 0. The Morgan fingerprint density at radius 2 is 2.00 bits per heavy atom. The van der Waals surface area contributed by atoms with Crippen molar-refractivity contribution in [1.82, 2.24) is 25.1 Å². The molecule has 30 heavy (non-hydrogen) atoms. The number of nitrogens with two attached hydrogens (primary N) is 1. The quantitative estimate of drug-likeness (QED) is 0.530. The highest BCUT2D eigenvalue weighted by molar-refractivity contribution is 6.30. The fraction of sp³-hybridized carbons (Fsp3) is 0.524. The van der Waals surface area contributed by atoms with E-state index in [1.165, 1.54) is 12.4 Å². The summed E-state index contributed by atoms with van der Waals surface area (Å²) in [6, 6.07) is 1.62. The molecule has 160 valence electrons. The number of hydrogen-bond acceptors (Lipinski definition) is 7. The number of carbonyl (C=O) groups excluding carboxylic acids is 2. The second-order valence-corrected chi connectivity index (χ2v) is 8.25. The molecule has 0 spiro atoms. The number of nitrogen functional groups attached to an aromatic ring is 1. The fourth-order valence-electron chi connectivity index (χ4n) is 3.85. The van der Waals surface area contributed by atoms with Crippen molar-refractivity contribution in [2.45, 2.75) is 46.0 Å². The van der Waals surface area contributed by atoms with Gasteiger partial charge in [0.05, 0.1) is 12.4 Å². The van der Waals surface area contributed by atoms with Gasteiger partial charge in [-0.15, -0.1) is 0 Å². The van der Waals surface area contributed by atoms with Gasteiger partial charge in [0, 0.05) is 36.6 Å². The number of likely N-dealkylation sites (tertiary alicyclic amines) is 1. The van der Waals surface area contributed by atoms with E-state index in [1.807, 2.05) is 11.8 Å². The average molecular weight is 431 g/mol. The summed E-state index contributed by atoms with van der Waals surface area (Å²) in [5.41, 5.74) is 7.28. The lowest BCUT2D eigenvalue weighted by molar-refractivity contribution is -0.136. The first-order chi connectivity index (χ1) is 14.3. The van der Waals surface area contributed by atoms with Crippen LogP contribution in [0.15, 0.2) is 18.5 Å². The van der Waals surface area contributed by atoms with Crippen LogP contribution in [0.4, 0.5) is 5.82 Å². The van der Waals surface area contributed by atoms with Crippen molar-refractivity contribution in [2.24, 2.45) is 11.8 Å². The maximum absolute atomic E-state index is 12.8. The molecule has 0 radical (unpaired) electrons. The fourth-order valence-corrected chi connectivity index (χ4v) is 4.17. The number of piperidine rings is 1. The van der Waals surface area contributed by atoms with Crippen LogP contribution in [-0.2, 0) is 11.2 Å². The lowest BCUT2D eigenvalue weighted by Crippen LogP contribution is -2.41. The van der Waals surface area contributed by atoms with E-state index in [2.05, 4.69) is 20.2 Å². The van der Waals surface area contributed by atoms with Crippen LogP contribution in [0.25, 0.3) is 0 Å². The number of ketones is 1. The Labute approximate surface area is 181 Å². The number of hydrogen-bond donors (Lipinski definition) is 1. The van der Waals surface area contributed by atoms with Crippen LogP contribution in [0.2, 0.25) is 5.15 Å². The van der Waals surface area contributed by atoms with Crippen LogP contribution in [0, 0.1) is 18.8 Å². The molecule has 0 saturated carbocycles. The maximum atomic E-state index is 12.8. The Morgan fingerprint density at radius 1 is 1.27 bits per heavy atom. The molecule has 0 aliphatic carbocycles. The van der Waals surface area contributed by atoms with Crippen LogP contribution in [0.1, 0.15) is 54.4 Å². The third kappa shape index (κ3) is 5.50. The van der Waals surface area contributed by atoms with Crippen molar-refractivity contribution in [3.8, 4) is 0 Å². The van der Waals surface area contributed by atoms with Gasteiger partial charge in [0.25, 0.3) is 0 Å². The van der Waals surface area contributed by atoms with Crippen molar-refractivity contribution in [3.63, 3.8) is 0 Å². The molecule has 1 amide bonds. The molecule has 0 bridgehead atoms. The van der Waals surface area contributed by atoms with Crippen molar-refractivity contribution in [2.75, 3.05) is 18.8 Å². The van der Waals surface area contributed by atoms with E-state index in [-0.39, 0.29) is 24.0 Å². The van der Waals surface area contributed by atoms with Crippen LogP contribution < -0.4 is 5.73 Å². The molecule has 0 aromatic carbocycles. The molecule has 3 heterocycles. The summed E-state index contributed by atoms with van der Waals surface area (Å²) >= 11 is 6.22. The zero-order valence-electron chi connectivity index (χ0n) is 17.3. The normalized spacial score (nSPS) is 15.8. The molecular formula is C21H27ClN6O2. The molecule has 2 aromatic rings. The van der Waals surface area contributed by atoms with E-state index in [9.17, 15) is 9.59 Å².